The first-order valence-corrected chi connectivity index (χ1v) is 10.1. The second-order valence-corrected chi connectivity index (χ2v) is 7.89. The van der Waals surface area contributed by atoms with Gasteiger partial charge in [0.1, 0.15) is 12.7 Å². The molecule has 8 heteroatoms. The Hall–Kier alpha value is -3.13. The van der Waals surface area contributed by atoms with E-state index in [9.17, 15) is 4.79 Å². The van der Waals surface area contributed by atoms with E-state index in [1.165, 1.54) is 16.0 Å². The number of rotatable bonds is 3. The van der Waals surface area contributed by atoms with Crippen molar-refractivity contribution < 1.29 is 4.79 Å². The maximum Gasteiger partial charge on any atom is 0.254 e. The van der Waals surface area contributed by atoms with Crippen molar-refractivity contribution in [3.05, 3.63) is 65.8 Å². The minimum atomic E-state index is 0.0338. The summed E-state index contributed by atoms with van der Waals surface area (Å²) in [6.07, 6.45) is 6.53. The van der Waals surface area contributed by atoms with Gasteiger partial charge in [-0.05, 0) is 37.1 Å². The molecular weight excluding hydrogens is 372 g/mol. The summed E-state index contributed by atoms with van der Waals surface area (Å²) in [5, 5.41) is 5.26. The van der Waals surface area contributed by atoms with E-state index in [1.807, 2.05) is 17.0 Å². The summed E-state index contributed by atoms with van der Waals surface area (Å²) >= 11 is 1.77. The lowest BCUT2D eigenvalue weighted by molar-refractivity contribution is 0.0713. The van der Waals surface area contributed by atoms with Gasteiger partial charge in [0.05, 0.1) is 15.2 Å². The fourth-order valence-corrected chi connectivity index (χ4v) is 4.72. The van der Waals surface area contributed by atoms with Crippen LogP contribution in [0, 0.1) is 0 Å². The summed E-state index contributed by atoms with van der Waals surface area (Å²) in [6.45, 7) is 1.47. The Kier molecular flexibility index (Phi) is 4.32. The first kappa shape index (κ1) is 17.0. The number of fused-ring (bicyclic) bond motifs is 1. The number of likely N-dealkylation sites (tertiary alicyclic amines) is 1. The Bertz CT molecular complexity index is 1080. The highest BCUT2D eigenvalue weighted by atomic mass is 32.1. The molecule has 7 nitrogen and oxygen atoms in total. The second-order valence-electron chi connectivity index (χ2n) is 6.83. The molecule has 1 amide bonds. The number of carbonyl (C=O) groups excluding carboxylic acids is 1. The minimum absolute atomic E-state index is 0.0338. The summed E-state index contributed by atoms with van der Waals surface area (Å²) in [7, 11) is 0. The number of carbonyl (C=O) groups is 1. The van der Waals surface area contributed by atoms with Crippen LogP contribution < -0.4 is 0 Å². The number of nitrogens with zero attached hydrogens (tertiary/aromatic N) is 6. The Balaban J connectivity index is 1.29. The zero-order valence-corrected chi connectivity index (χ0v) is 15.9. The molecule has 0 spiro atoms. The highest BCUT2D eigenvalue weighted by Gasteiger charge is 2.26. The van der Waals surface area contributed by atoms with Crippen LogP contribution in [0.3, 0.4) is 0 Å². The van der Waals surface area contributed by atoms with Crippen LogP contribution in [0.4, 0.5) is 0 Å². The van der Waals surface area contributed by atoms with Crippen LogP contribution >= 0.6 is 11.3 Å². The molecule has 1 aromatic carbocycles. The molecule has 3 aromatic heterocycles. The van der Waals surface area contributed by atoms with E-state index in [1.54, 1.807) is 40.7 Å². The van der Waals surface area contributed by atoms with Crippen molar-refractivity contribution in [3.8, 4) is 5.82 Å². The summed E-state index contributed by atoms with van der Waals surface area (Å²) in [4.78, 5) is 27.9. The molecule has 4 aromatic rings. The van der Waals surface area contributed by atoms with Crippen molar-refractivity contribution >= 4 is 27.5 Å². The molecule has 0 saturated carbocycles. The first-order chi connectivity index (χ1) is 13.8. The van der Waals surface area contributed by atoms with Gasteiger partial charge in [0, 0.05) is 30.8 Å². The fourth-order valence-electron chi connectivity index (χ4n) is 3.58. The number of piperidine rings is 1. The molecule has 0 aliphatic carbocycles. The number of thiazole rings is 1. The topological polar surface area (TPSA) is 76.8 Å². The lowest BCUT2D eigenvalue weighted by Crippen LogP contribution is -2.38. The molecule has 0 bridgehead atoms. The smallest absolute Gasteiger partial charge is 0.254 e. The van der Waals surface area contributed by atoms with Crippen molar-refractivity contribution in [1.29, 1.82) is 0 Å². The van der Waals surface area contributed by atoms with E-state index in [0.29, 0.717) is 17.3 Å². The molecular formula is C20H18N6OS. The molecule has 0 atom stereocenters. The predicted molar refractivity (Wildman–Crippen MR) is 107 cm³/mol. The average Bonchev–Trinajstić information content (AvgIpc) is 3.43. The molecule has 1 aliphatic heterocycles. The van der Waals surface area contributed by atoms with Gasteiger partial charge in [-0.25, -0.2) is 19.6 Å². The number of para-hydroxylation sites is 1. The summed E-state index contributed by atoms with van der Waals surface area (Å²) in [5.74, 6) is 1.05. The van der Waals surface area contributed by atoms with Gasteiger partial charge in [-0.2, -0.15) is 5.10 Å². The Morgan fingerprint density at radius 2 is 2.00 bits per heavy atom. The van der Waals surface area contributed by atoms with E-state index in [-0.39, 0.29) is 5.91 Å². The average molecular weight is 390 g/mol. The Morgan fingerprint density at radius 3 is 2.79 bits per heavy atom. The van der Waals surface area contributed by atoms with Crippen LogP contribution in [0.15, 0.2) is 55.2 Å². The number of aromatic nitrogens is 5. The predicted octanol–water partition coefficient (Wildman–Crippen LogP) is 3.29. The van der Waals surface area contributed by atoms with Gasteiger partial charge < -0.3 is 4.90 Å². The van der Waals surface area contributed by atoms with Crippen molar-refractivity contribution in [1.82, 2.24) is 29.6 Å². The molecule has 0 radical (unpaired) electrons. The van der Waals surface area contributed by atoms with Crippen LogP contribution in [0.1, 0.15) is 34.1 Å². The zero-order valence-electron chi connectivity index (χ0n) is 15.1. The van der Waals surface area contributed by atoms with E-state index in [0.717, 1.165) is 31.4 Å². The molecule has 0 N–H and O–H groups in total. The number of hydrogen-bond acceptors (Lipinski definition) is 6. The van der Waals surface area contributed by atoms with E-state index in [4.69, 9.17) is 4.98 Å². The highest BCUT2D eigenvalue weighted by Crippen LogP contribution is 2.34. The normalized spacial score (nSPS) is 15.2. The number of pyridine rings is 1. The van der Waals surface area contributed by atoms with Crippen molar-refractivity contribution in [3.63, 3.8) is 0 Å². The SMILES string of the molecule is O=C(c1ccnc(-n2cncn2)c1)N1CCC(c2nc3ccccc3s2)CC1. The minimum Gasteiger partial charge on any atom is -0.339 e. The molecule has 1 aliphatic rings. The second kappa shape index (κ2) is 7.12. The van der Waals surface area contributed by atoms with Gasteiger partial charge in [0.25, 0.3) is 5.91 Å². The fraction of sp³-hybridized carbons (Fsp3) is 0.250. The maximum absolute atomic E-state index is 12.9. The van der Waals surface area contributed by atoms with Crippen molar-refractivity contribution in [2.75, 3.05) is 13.1 Å². The number of benzene rings is 1. The molecule has 140 valence electrons. The van der Waals surface area contributed by atoms with E-state index < -0.39 is 0 Å². The monoisotopic (exact) mass is 390 g/mol. The first-order valence-electron chi connectivity index (χ1n) is 9.24. The van der Waals surface area contributed by atoms with Gasteiger partial charge in [0.2, 0.25) is 0 Å². The van der Waals surface area contributed by atoms with Crippen LogP contribution in [0.5, 0.6) is 0 Å². The van der Waals surface area contributed by atoms with Gasteiger partial charge in [-0.15, -0.1) is 11.3 Å². The third-order valence-electron chi connectivity index (χ3n) is 5.09. The third-order valence-corrected chi connectivity index (χ3v) is 6.29. The van der Waals surface area contributed by atoms with E-state index >= 15 is 0 Å². The van der Waals surface area contributed by atoms with E-state index in [2.05, 4.69) is 27.2 Å². The largest absolute Gasteiger partial charge is 0.339 e. The number of hydrogen-bond donors (Lipinski definition) is 0. The summed E-state index contributed by atoms with van der Waals surface area (Å²) < 4.78 is 2.78. The third kappa shape index (κ3) is 3.16. The Morgan fingerprint density at radius 1 is 1.14 bits per heavy atom. The molecule has 0 unspecified atom stereocenters. The summed E-state index contributed by atoms with van der Waals surface area (Å²) in [5.41, 5.74) is 1.69. The van der Waals surface area contributed by atoms with Crippen molar-refractivity contribution in [2.45, 2.75) is 18.8 Å². The molecule has 1 fully saturated rings. The lowest BCUT2D eigenvalue weighted by Gasteiger charge is -2.31. The van der Waals surface area contributed by atoms with Gasteiger partial charge in [-0.1, -0.05) is 12.1 Å². The maximum atomic E-state index is 12.9. The van der Waals surface area contributed by atoms with Crippen molar-refractivity contribution in [2.24, 2.45) is 0 Å². The van der Waals surface area contributed by atoms with Gasteiger partial charge >= 0.3 is 0 Å². The van der Waals surface area contributed by atoms with Crippen LogP contribution in [-0.2, 0) is 0 Å². The molecule has 1 saturated heterocycles. The lowest BCUT2D eigenvalue weighted by atomic mass is 9.97. The molecule has 28 heavy (non-hydrogen) atoms. The summed E-state index contributed by atoms with van der Waals surface area (Å²) in [6, 6.07) is 11.8. The molecule has 5 rings (SSSR count). The van der Waals surface area contributed by atoms with Gasteiger partial charge in [-0.3, -0.25) is 4.79 Å². The van der Waals surface area contributed by atoms with Gasteiger partial charge in [0.15, 0.2) is 5.82 Å². The number of amides is 1. The van der Waals surface area contributed by atoms with Crippen LogP contribution in [0.25, 0.3) is 16.0 Å². The molecule has 4 heterocycles. The highest BCUT2D eigenvalue weighted by molar-refractivity contribution is 7.18. The quantitative estimate of drug-likeness (QED) is 0.536. The van der Waals surface area contributed by atoms with Crippen LogP contribution in [-0.4, -0.2) is 48.6 Å². The zero-order chi connectivity index (χ0) is 18.9. The van der Waals surface area contributed by atoms with Crippen LogP contribution in [0.2, 0.25) is 0 Å². The Labute approximate surface area is 165 Å². The standard InChI is InChI=1S/C20H18N6OS/c27-20(15-5-8-22-18(11-15)26-13-21-12-23-26)25-9-6-14(7-10-25)19-24-16-3-1-2-4-17(16)28-19/h1-5,8,11-14H,6-7,9-10H2.